The van der Waals surface area contributed by atoms with Crippen molar-refractivity contribution in [1.82, 2.24) is 15.1 Å². The van der Waals surface area contributed by atoms with Gasteiger partial charge in [0, 0.05) is 24.8 Å². The Morgan fingerprint density at radius 2 is 2.05 bits per heavy atom. The number of halogens is 2. The van der Waals surface area contributed by atoms with Gasteiger partial charge >= 0.3 is 0 Å². The first-order valence-corrected chi connectivity index (χ1v) is 7.53. The van der Waals surface area contributed by atoms with Crippen LogP contribution in [0.5, 0.6) is 0 Å². The molecule has 0 aliphatic carbocycles. The number of nitrogens with one attached hydrogen (secondary N) is 1. The summed E-state index contributed by atoms with van der Waals surface area (Å²) in [7, 11) is 0. The zero-order chi connectivity index (χ0) is 14.3. The number of hydrogen-bond acceptors (Lipinski definition) is 2. The summed E-state index contributed by atoms with van der Waals surface area (Å²) in [6.07, 6.45) is 1.000. The van der Waals surface area contributed by atoms with Gasteiger partial charge in [0.25, 0.3) is 0 Å². The van der Waals surface area contributed by atoms with Crippen molar-refractivity contribution < 1.29 is 0 Å². The summed E-state index contributed by atoms with van der Waals surface area (Å²) < 4.78 is 0. The third-order valence-corrected chi connectivity index (χ3v) is 4.69. The van der Waals surface area contributed by atoms with Gasteiger partial charge in [0.05, 0.1) is 15.7 Å². The topological polar surface area (TPSA) is 31.9 Å². The number of fused-ring (bicyclic) bond motifs is 1. The van der Waals surface area contributed by atoms with Crippen molar-refractivity contribution in [3.8, 4) is 0 Å². The normalized spacial score (nSPS) is 19.1. The summed E-state index contributed by atoms with van der Waals surface area (Å²) in [6, 6.07) is 6.43. The molecule has 0 amide bonds. The molecule has 106 valence electrons. The highest BCUT2D eigenvalue weighted by molar-refractivity contribution is 6.42. The van der Waals surface area contributed by atoms with Gasteiger partial charge in [-0.3, -0.25) is 10.00 Å². The van der Waals surface area contributed by atoms with Crippen molar-refractivity contribution in [2.45, 2.75) is 32.9 Å². The van der Waals surface area contributed by atoms with Crippen LogP contribution in [0.3, 0.4) is 0 Å². The lowest BCUT2D eigenvalue weighted by molar-refractivity contribution is 0.187. The molecular weight excluding hydrogens is 293 g/mol. The van der Waals surface area contributed by atoms with E-state index in [4.69, 9.17) is 23.2 Å². The number of aromatic nitrogens is 2. The third-order valence-electron chi connectivity index (χ3n) is 3.97. The Morgan fingerprint density at radius 3 is 2.75 bits per heavy atom. The van der Waals surface area contributed by atoms with Gasteiger partial charge < -0.3 is 0 Å². The van der Waals surface area contributed by atoms with Crippen LogP contribution >= 0.6 is 23.2 Å². The van der Waals surface area contributed by atoms with Crippen LogP contribution in [0.15, 0.2) is 18.2 Å². The fraction of sp³-hybridized carbons (Fsp3) is 0.400. The van der Waals surface area contributed by atoms with Crippen molar-refractivity contribution >= 4 is 23.2 Å². The molecule has 1 unspecified atom stereocenters. The van der Waals surface area contributed by atoms with Crippen LogP contribution < -0.4 is 0 Å². The van der Waals surface area contributed by atoms with E-state index in [2.05, 4.69) is 28.1 Å². The van der Waals surface area contributed by atoms with E-state index in [9.17, 15) is 0 Å². The number of nitrogens with zero attached hydrogens (tertiary/aromatic N) is 2. The number of benzene rings is 1. The summed E-state index contributed by atoms with van der Waals surface area (Å²) >= 11 is 12.3. The Morgan fingerprint density at radius 1 is 1.30 bits per heavy atom. The predicted octanol–water partition coefficient (Wildman–Crippen LogP) is 4.14. The van der Waals surface area contributed by atoms with Gasteiger partial charge in [0.15, 0.2) is 0 Å². The van der Waals surface area contributed by atoms with E-state index in [1.165, 1.54) is 11.1 Å². The van der Waals surface area contributed by atoms with Gasteiger partial charge in [-0.05, 0) is 49.6 Å². The van der Waals surface area contributed by atoms with Crippen LogP contribution in [0.25, 0.3) is 0 Å². The van der Waals surface area contributed by atoms with Crippen molar-refractivity contribution in [2.24, 2.45) is 0 Å². The van der Waals surface area contributed by atoms with Gasteiger partial charge in [-0.2, -0.15) is 5.10 Å². The first-order valence-electron chi connectivity index (χ1n) is 6.77. The van der Waals surface area contributed by atoms with Gasteiger partial charge in [0.1, 0.15) is 0 Å². The molecule has 3 nitrogen and oxygen atoms in total. The highest BCUT2D eigenvalue weighted by Crippen LogP contribution is 2.35. The molecule has 2 aromatic rings. The first-order chi connectivity index (χ1) is 9.54. The molecule has 1 aliphatic rings. The molecule has 1 aromatic carbocycles. The van der Waals surface area contributed by atoms with Crippen LogP contribution in [0, 0.1) is 6.92 Å². The van der Waals surface area contributed by atoms with E-state index < -0.39 is 0 Å². The SMILES string of the molecule is Cc1cc(CN2CCc3cc(Cl)c(Cl)cc3C2C)n[nH]1. The second kappa shape index (κ2) is 5.40. The number of H-pyrrole nitrogens is 1. The summed E-state index contributed by atoms with van der Waals surface area (Å²) in [5.41, 5.74) is 4.76. The highest BCUT2D eigenvalue weighted by Gasteiger charge is 2.25. The molecule has 1 atom stereocenters. The molecule has 0 spiro atoms. The maximum absolute atomic E-state index is 6.15. The Kier molecular flexibility index (Phi) is 3.76. The average Bonchev–Trinajstić information content (AvgIpc) is 2.81. The van der Waals surface area contributed by atoms with Gasteiger partial charge in [-0.25, -0.2) is 0 Å². The van der Waals surface area contributed by atoms with Crippen LogP contribution in [-0.2, 0) is 13.0 Å². The Balaban J connectivity index is 1.85. The molecular formula is C15H17Cl2N3. The smallest absolute Gasteiger partial charge is 0.0765 e. The molecule has 0 fully saturated rings. The molecule has 0 radical (unpaired) electrons. The van der Waals surface area contributed by atoms with E-state index in [-0.39, 0.29) is 0 Å². The maximum atomic E-state index is 6.15. The fourth-order valence-corrected chi connectivity index (χ4v) is 3.20. The molecule has 5 heteroatoms. The minimum absolute atomic E-state index is 0.325. The lowest BCUT2D eigenvalue weighted by Gasteiger charge is -2.35. The summed E-state index contributed by atoms with van der Waals surface area (Å²) in [5, 5.41) is 8.59. The van der Waals surface area contributed by atoms with Gasteiger partial charge in [-0.15, -0.1) is 0 Å². The van der Waals surface area contributed by atoms with E-state index in [1.807, 2.05) is 19.1 Å². The summed E-state index contributed by atoms with van der Waals surface area (Å²) in [6.45, 7) is 6.10. The molecule has 0 saturated heterocycles. The van der Waals surface area contributed by atoms with E-state index in [0.717, 1.165) is 30.9 Å². The predicted molar refractivity (Wildman–Crippen MR) is 82.3 cm³/mol. The number of aryl methyl sites for hydroxylation is 1. The molecule has 0 saturated carbocycles. The molecule has 0 bridgehead atoms. The van der Waals surface area contributed by atoms with Crippen molar-refractivity contribution in [3.63, 3.8) is 0 Å². The van der Waals surface area contributed by atoms with Gasteiger partial charge in [0.2, 0.25) is 0 Å². The molecule has 1 aliphatic heterocycles. The monoisotopic (exact) mass is 309 g/mol. The molecule has 2 heterocycles. The second-order valence-corrected chi connectivity index (χ2v) is 6.22. The maximum Gasteiger partial charge on any atom is 0.0765 e. The second-order valence-electron chi connectivity index (χ2n) is 5.40. The van der Waals surface area contributed by atoms with Crippen LogP contribution in [0.1, 0.15) is 35.5 Å². The summed E-state index contributed by atoms with van der Waals surface area (Å²) in [5.74, 6) is 0. The minimum atomic E-state index is 0.325. The number of rotatable bonds is 2. The number of hydrogen-bond donors (Lipinski definition) is 1. The summed E-state index contributed by atoms with van der Waals surface area (Å²) in [4.78, 5) is 2.42. The lowest BCUT2D eigenvalue weighted by atomic mass is 9.93. The van der Waals surface area contributed by atoms with Crippen molar-refractivity contribution in [2.75, 3.05) is 6.54 Å². The quantitative estimate of drug-likeness (QED) is 0.904. The van der Waals surface area contributed by atoms with E-state index >= 15 is 0 Å². The molecule has 20 heavy (non-hydrogen) atoms. The van der Waals surface area contributed by atoms with Crippen molar-refractivity contribution in [3.05, 3.63) is 50.8 Å². The van der Waals surface area contributed by atoms with Crippen molar-refractivity contribution in [1.29, 1.82) is 0 Å². The van der Waals surface area contributed by atoms with Crippen LogP contribution in [0.4, 0.5) is 0 Å². The molecule has 3 rings (SSSR count). The Labute approximate surface area is 128 Å². The number of aromatic amines is 1. The zero-order valence-corrected chi connectivity index (χ0v) is 13.1. The fourth-order valence-electron chi connectivity index (χ4n) is 2.84. The largest absolute Gasteiger partial charge is 0.290 e. The first kappa shape index (κ1) is 13.9. The molecule has 1 aromatic heterocycles. The third kappa shape index (κ3) is 2.58. The Bertz CT molecular complexity index is 636. The lowest BCUT2D eigenvalue weighted by Crippen LogP contribution is -2.33. The van der Waals surface area contributed by atoms with Crippen LogP contribution in [-0.4, -0.2) is 21.6 Å². The minimum Gasteiger partial charge on any atom is -0.290 e. The molecule has 1 N–H and O–H groups in total. The van der Waals surface area contributed by atoms with Crippen LogP contribution in [0.2, 0.25) is 10.0 Å². The van der Waals surface area contributed by atoms with E-state index in [0.29, 0.717) is 16.1 Å². The standard InChI is InChI=1S/C15H17Cl2N3/c1-9-5-12(19-18-9)8-20-4-3-11-6-14(16)15(17)7-13(11)10(20)2/h5-7,10H,3-4,8H2,1-2H3,(H,18,19). The van der Waals surface area contributed by atoms with E-state index in [1.54, 1.807) is 0 Å². The average molecular weight is 310 g/mol. The van der Waals surface area contributed by atoms with Gasteiger partial charge in [-0.1, -0.05) is 23.2 Å². The Hall–Kier alpha value is -1.03. The zero-order valence-electron chi connectivity index (χ0n) is 11.6. The highest BCUT2D eigenvalue weighted by atomic mass is 35.5.